The standard InChI is InChI=1S/C17H18ClN3O3/c1-11(22)21-15-6-5-14(23)8-16(15)19-10-17(24)20-9-12-3-2-4-13(18)7-12/h2-8,19,23H,9-10H2,1H3,(H,20,24)(H,21,22). The number of halogens is 1. The summed E-state index contributed by atoms with van der Waals surface area (Å²) in [7, 11) is 0. The molecule has 6 nitrogen and oxygen atoms in total. The van der Waals surface area contributed by atoms with E-state index in [1.165, 1.54) is 19.1 Å². The van der Waals surface area contributed by atoms with Crippen LogP contribution in [-0.2, 0) is 16.1 Å². The van der Waals surface area contributed by atoms with E-state index in [2.05, 4.69) is 16.0 Å². The second-order valence-electron chi connectivity index (χ2n) is 5.17. The van der Waals surface area contributed by atoms with Crippen LogP contribution in [0.2, 0.25) is 5.02 Å². The van der Waals surface area contributed by atoms with E-state index in [1.54, 1.807) is 18.2 Å². The van der Waals surface area contributed by atoms with Crippen LogP contribution in [0.5, 0.6) is 5.75 Å². The summed E-state index contributed by atoms with van der Waals surface area (Å²) in [5.41, 5.74) is 1.85. The number of hydrogen-bond donors (Lipinski definition) is 4. The van der Waals surface area contributed by atoms with Crippen molar-refractivity contribution in [2.45, 2.75) is 13.5 Å². The molecule has 2 rings (SSSR count). The van der Waals surface area contributed by atoms with Crippen molar-refractivity contribution in [3.63, 3.8) is 0 Å². The molecule has 2 aromatic rings. The Bertz CT molecular complexity index is 750. The summed E-state index contributed by atoms with van der Waals surface area (Å²) in [5.74, 6) is -0.438. The molecule has 4 N–H and O–H groups in total. The summed E-state index contributed by atoms with van der Waals surface area (Å²) in [4.78, 5) is 23.1. The Hall–Kier alpha value is -2.73. The smallest absolute Gasteiger partial charge is 0.239 e. The van der Waals surface area contributed by atoms with E-state index in [-0.39, 0.29) is 24.1 Å². The number of anilines is 2. The van der Waals surface area contributed by atoms with Crippen molar-refractivity contribution in [1.82, 2.24) is 5.32 Å². The summed E-state index contributed by atoms with van der Waals surface area (Å²) < 4.78 is 0. The fraction of sp³-hybridized carbons (Fsp3) is 0.176. The third-order valence-electron chi connectivity index (χ3n) is 3.13. The molecular weight excluding hydrogens is 330 g/mol. The van der Waals surface area contributed by atoms with E-state index >= 15 is 0 Å². The van der Waals surface area contributed by atoms with Crippen LogP contribution >= 0.6 is 11.6 Å². The predicted molar refractivity (Wildman–Crippen MR) is 94.2 cm³/mol. The van der Waals surface area contributed by atoms with Crippen LogP contribution in [0.15, 0.2) is 42.5 Å². The lowest BCUT2D eigenvalue weighted by Gasteiger charge is -2.13. The quantitative estimate of drug-likeness (QED) is 0.605. The third kappa shape index (κ3) is 5.48. The van der Waals surface area contributed by atoms with Gasteiger partial charge in [0.25, 0.3) is 0 Å². The zero-order valence-corrected chi connectivity index (χ0v) is 13.9. The normalized spacial score (nSPS) is 10.1. The summed E-state index contributed by atoms with van der Waals surface area (Å²) >= 11 is 5.89. The molecule has 0 atom stereocenters. The third-order valence-corrected chi connectivity index (χ3v) is 3.37. The first-order valence-electron chi connectivity index (χ1n) is 7.29. The molecule has 0 fully saturated rings. The van der Waals surface area contributed by atoms with E-state index in [1.807, 2.05) is 12.1 Å². The van der Waals surface area contributed by atoms with Crippen molar-refractivity contribution in [2.24, 2.45) is 0 Å². The predicted octanol–water partition coefficient (Wildman–Crippen LogP) is 2.73. The molecule has 0 aliphatic carbocycles. The van der Waals surface area contributed by atoms with Crippen LogP contribution < -0.4 is 16.0 Å². The maximum Gasteiger partial charge on any atom is 0.239 e. The molecule has 0 radical (unpaired) electrons. The van der Waals surface area contributed by atoms with Gasteiger partial charge in [-0.3, -0.25) is 9.59 Å². The zero-order valence-electron chi connectivity index (χ0n) is 13.1. The highest BCUT2D eigenvalue weighted by Crippen LogP contribution is 2.26. The number of aromatic hydroxyl groups is 1. The van der Waals surface area contributed by atoms with Gasteiger partial charge in [0, 0.05) is 24.6 Å². The molecule has 0 bridgehead atoms. The minimum absolute atomic E-state index is 0.00337. The second-order valence-corrected chi connectivity index (χ2v) is 5.61. The van der Waals surface area contributed by atoms with Gasteiger partial charge in [0.2, 0.25) is 11.8 Å². The molecule has 2 aromatic carbocycles. The number of carbonyl (C=O) groups excluding carboxylic acids is 2. The lowest BCUT2D eigenvalue weighted by atomic mass is 10.2. The summed E-state index contributed by atoms with van der Waals surface area (Å²) in [6.07, 6.45) is 0. The van der Waals surface area contributed by atoms with Crippen LogP contribution in [0.25, 0.3) is 0 Å². The average Bonchev–Trinajstić information content (AvgIpc) is 2.53. The lowest BCUT2D eigenvalue weighted by molar-refractivity contribution is -0.119. The largest absolute Gasteiger partial charge is 0.508 e. The van der Waals surface area contributed by atoms with E-state index in [9.17, 15) is 14.7 Å². The Morgan fingerprint density at radius 2 is 1.92 bits per heavy atom. The van der Waals surface area contributed by atoms with Crippen molar-refractivity contribution in [3.8, 4) is 5.75 Å². The Kier molecular flexibility index (Phi) is 6.03. The number of rotatable bonds is 6. The maximum atomic E-state index is 11.9. The number of nitrogens with one attached hydrogen (secondary N) is 3. The molecule has 7 heteroatoms. The molecule has 0 aliphatic rings. The molecule has 0 heterocycles. The van der Waals surface area contributed by atoms with Crippen LogP contribution in [0.3, 0.4) is 0 Å². The minimum atomic E-state index is -0.242. The highest BCUT2D eigenvalue weighted by Gasteiger charge is 2.07. The van der Waals surface area contributed by atoms with Crippen LogP contribution in [-0.4, -0.2) is 23.5 Å². The van der Waals surface area contributed by atoms with Gasteiger partial charge in [-0.1, -0.05) is 23.7 Å². The molecule has 0 saturated heterocycles. The van der Waals surface area contributed by atoms with E-state index in [0.717, 1.165) is 5.56 Å². The highest BCUT2D eigenvalue weighted by atomic mass is 35.5. The van der Waals surface area contributed by atoms with Gasteiger partial charge in [-0.2, -0.15) is 0 Å². The number of amides is 2. The Labute approximate surface area is 144 Å². The van der Waals surface area contributed by atoms with E-state index in [4.69, 9.17) is 11.6 Å². The first-order chi connectivity index (χ1) is 11.4. The number of phenols is 1. The maximum absolute atomic E-state index is 11.9. The summed E-state index contributed by atoms with van der Waals surface area (Å²) in [6, 6.07) is 11.7. The lowest BCUT2D eigenvalue weighted by Crippen LogP contribution is -2.29. The topological polar surface area (TPSA) is 90.5 Å². The summed E-state index contributed by atoms with van der Waals surface area (Å²) in [5, 5.41) is 18.4. The van der Waals surface area contributed by atoms with Gasteiger partial charge in [-0.15, -0.1) is 0 Å². The monoisotopic (exact) mass is 347 g/mol. The van der Waals surface area contributed by atoms with Crippen LogP contribution in [0, 0.1) is 0 Å². The molecule has 0 spiro atoms. The molecule has 0 aromatic heterocycles. The number of hydrogen-bond acceptors (Lipinski definition) is 4. The molecule has 126 valence electrons. The van der Waals surface area contributed by atoms with E-state index in [0.29, 0.717) is 22.9 Å². The van der Waals surface area contributed by atoms with Gasteiger partial charge in [-0.25, -0.2) is 0 Å². The molecular formula is C17H18ClN3O3. The van der Waals surface area contributed by atoms with Crippen molar-refractivity contribution < 1.29 is 14.7 Å². The van der Waals surface area contributed by atoms with Gasteiger partial charge in [-0.05, 0) is 29.8 Å². The first-order valence-corrected chi connectivity index (χ1v) is 7.67. The Balaban J connectivity index is 1.91. The van der Waals surface area contributed by atoms with Crippen molar-refractivity contribution in [2.75, 3.05) is 17.2 Å². The molecule has 0 saturated carbocycles. The minimum Gasteiger partial charge on any atom is -0.508 e. The van der Waals surface area contributed by atoms with Gasteiger partial charge >= 0.3 is 0 Å². The Morgan fingerprint density at radius 1 is 1.12 bits per heavy atom. The van der Waals surface area contributed by atoms with Gasteiger partial charge in [0.05, 0.1) is 17.9 Å². The first kappa shape index (κ1) is 17.6. The number of carbonyl (C=O) groups is 2. The van der Waals surface area contributed by atoms with Crippen LogP contribution in [0.4, 0.5) is 11.4 Å². The number of phenolic OH excluding ortho intramolecular Hbond substituents is 1. The number of benzene rings is 2. The van der Waals surface area contributed by atoms with Gasteiger partial charge in [0.1, 0.15) is 5.75 Å². The van der Waals surface area contributed by atoms with Gasteiger partial charge < -0.3 is 21.1 Å². The van der Waals surface area contributed by atoms with E-state index < -0.39 is 0 Å². The second kappa shape index (κ2) is 8.21. The average molecular weight is 348 g/mol. The van der Waals surface area contributed by atoms with Gasteiger partial charge in [0.15, 0.2) is 0 Å². The molecule has 0 aliphatic heterocycles. The highest BCUT2D eigenvalue weighted by molar-refractivity contribution is 6.30. The fourth-order valence-electron chi connectivity index (χ4n) is 2.06. The molecule has 0 unspecified atom stereocenters. The van der Waals surface area contributed by atoms with Crippen molar-refractivity contribution >= 4 is 34.8 Å². The molecule has 24 heavy (non-hydrogen) atoms. The molecule has 2 amide bonds. The van der Waals surface area contributed by atoms with Crippen molar-refractivity contribution in [1.29, 1.82) is 0 Å². The van der Waals surface area contributed by atoms with Crippen LogP contribution in [0.1, 0.15) is 12.5 Å². The fourth-order valence-corrected chi connectivity index (χ4v) is 2.28. The SMILES string of the molecule is CC(=O)Nc1ccc(O)cc1NCC(=O)NCc1cccc(Cl)c1. The Morgan fingerprint density at radius 3 is 2.62 bits per heavy atom. The van der Waals surface area contributed by atoms with Crippen molar-refractivity contribution in [3.05, 3.63) is 53.1 Å². The summed E-state index contributed by atoms with van der Waals surface area (Å²) in [6.45, 7) is 1.74. The zero-order chi connectivity index (χ0) is 17.5.